The van der Waals surface area contributed by atoms with Crippen LogP contribution in [0.25, 0.3) is 0 Å². The molecule has 0 aromatic carbocycles. The second-order valence-electron chi connectivity index (χ2n) is 5.72. The van der Waals surface area contributed by atoms with Gasteiger partial charge in [-0.3, -0.25) is 9.16 Å². The average Bonchev–Trinajstić information content (AvgIpc) is 1.99. The van der Waals surface area contributed by atoms with Crippen LogP contribution in [0.4, 0.5) is 0 Å². The Hall–Kier alpha value is -0.170. The summed E-state index contributed by atoms with van der Waals surface area (Å²) in [7, 11) is -1.65. The zero-order chi connectivity index (χ0) is 10.7. The van der Waals surface area contributed by atoms with Crippen molar-refractivity contribution in [3.05, 3.63) is 24.1 Å². The topological polar surface area (TPSA) is 0 Å². The van der Waals surface area contributed by atoms with Crippen molar-refractivity contribution in [3.63, 3.8) is 0 Å². The lowest BCUT2D eigenvalue weighted by Gasteiger charge is -2.53. The Morgan fingerprint density at radius 1 is 1.31 bits per heavy atom. The first-order valence-electron chi connectivity index (χ1n) is 4.99. The van der Waals surface area contributed by atoms with Gasteiger partial charge in [-0.05, 0) is 41.8 Å². The maximum atomic E-state index is 4.13. The van der Waals surface area contributed by atoms with E-state index in [0.29, 0.717) is 0 Å². The summed E-state index contributed by atoms with van der Waals surface area (Å²) in [5, 5.41) is 0. The van der Waals surface area contributed by atoms with Gasteiger partial charge in [0.1, 0.15) is 0 Å². The zero-order valence-electron chi connectivity index (χ0n) is 9.93. The highest BCUT2D eigenvalue weighted by molar-refractivity contribution is 8.51. The molecule has 0 rings (SSSR count). The molecule has 0 aromatic rings. The van der Waals surface area contributed by atoms with Crippen LogP contribution in [0.1, 0.15) is 20.3 Å². The Bertz CT molecular complexity index is 203. The van der Waals surface area contributed by atoms with Crippen LogP contribution in [0.15, 0.2) is 24.1 Å². The summed E-state index contributed by atoms with van der Waals surface area (Å²) in [5.74, 6) is 2.09. The van der Waals surface area contributed by atoms with E-state index in [2.05, 4.69) is 45.8 Å². The molecule has 0 aromatic heterocycles. The Morgan fingerprint density at radius 3 is 2.08 bits per heavy atom. The van der Waals surface area contributed by atoms with E-state index >= 15 is 0 Å². The highest BCUT2D eigenvalue weighted by Gasteiger charge is 2.26. The first kappa shape index (κ1) is 12.8. The van der Waals surface area contributed by atoms with Gasteiger partial charge in [-0.25, -0.2) is 0 Å². The van der Waals surface area contributed by atoms with Crippen molar-refractivity contribution in [2.45, 2.75) is 20.3 Å². The summed E-state index contributed by atoms with van der Waals surface area (Å²) in [6.45, 7) is 12.5. The van der Waals surface area contributed by atoms with Gasteiger partial charge < -0.3 is 0 Å². The molecule has 0 aliphatic heterocycles. The van der Waals surface area contributed by atoms with Gasteiger partial charge in [0.15, 0.2) is 0 Å². The zero-order valence-corrected chi connectivity index (χ0v) is 10.8. The third-order valence-electron chi connectivity index (χ3n) is 2.79. The van der Waals surface area contributed by atoms with Crippen molar-refractivity contribution in [2.24, 2.45) is 5.92 Å². The monoisotopic (exact) mass is 202 g/mol. The van der Waals surface area contributed by atoms with E-state index in [1.165, 1.54) is 17.1 Å². The van der Waals surface area contributed by atoms with Crippen molar-refractivity contribution in [1.82, 2.24) is 0 Å². The van der Waals surface area contributed by atoms with Gasteiger partial charge in [-0.15, -0.1) is 0 Å². The molecule has 0 fully saturated rings. The Morgan fingerprint density at radius 2 is 1.77 bits per heavy atom. The van der Waals surface area contributed by atoms with Crippen LogP contribution < -0.4 is 0 Å². The summed E-state index contributed by atoms with van der Waals surface area (Å²) in [5.41, 5.74) is 0. The first-order valence-corrected chi connectivity index (χ1v) is 8.76. The SMILES string of the molecule is C=CC(=C)[SH](C)(C)(C)CCC(C)C. The molecule has 0 N–H and O–H groups in total. The summed E-state index contributed by atoms with van der Waals surface area (Å²) in [4.78, 5) is 1.27. The fourth-order valence-corrected chi connectivity index (χ4v) is 3.58. The molecule has 0 spiro atoms. The molecule has 0 unspecified atom stereocenters. The summed E-state index contributed by atoms with van der Waals surface area (Å²) in [6.07, 6.45) is 10.4. The quantitative estimate of drug-likeness (QED) is 0.510. The number of hydrogen-bond acceptors (Lipinski definition) is 0. The molecule has 0 heterocycles. The van der Waals surface area contributed by atoms with Gasteiger partial charge >= 0.3 is 0 Å². The van der Waals surface area contributed by atoms with E-state index in [0.717, 1.165) is 5.92 Å². The van der Waals surface area contributed by atoms with Gasteiger partial charge in [-0.1, -0.05) is 33.1 Å². The van der Waals surface area contributed by atoms with Crippen LogP contribution in [0.3, 0.4) is 0 Å². The van der Waals surface area contributed by atoms with Gasteiger partial charge in [0.2, 0.25) is 0 Å². The lowest BCUT2D eigenvalue weighted by molar-refractivity contribution is 0.630. The van der Waals surface area contributed by atoms with Gasteiger partial charge in [0.25, 0.3) is 0 Å². The Kier molecular flexibility index (Phi) is 3.86. The largest absolute Gasteiger partial charge is 0.270 e. The lowest BCUT2D eigenvalue weighted by Crippen LogP contribution is -2.19. The third kappa shape index (κ3) is 4.04. The van der Waals surface area contributed by atoms with E-state index in [-0.39, 0.29) is 0 Å². The molecule has 0 nitrogen and oxygen atoms in total. The molecule has 1 heteroatoms. The van der Waals surface area contributed by atoms with E-state index in [1.807, 2.05) is 6.08 Å². The summed E-state index contributed by atoms with van der Waals surface area (Å²) >= 11 is 0. The number of thiol groups is 1. The predicted octanol–water partition coefficient (Wildman–Crippen LogP) is 3.69. The van der Waals surface area contributed by atoms with Crippen molar-refractivity contribution in [2.75, 3.05) is 24.5 Å². The highest BCUT2D eigenvalue weighted by Crippen LogP contribution is 2.66. The maximum absolute atomic E-state index is 4.13. The van der Waals surface area contributed by atoms with E-state index < -0.39 is 9.16 Å². The minimum absolute atomic E-state index is 0.791. The summed E-state index contributed by atoms with van der Waals surface area (Å²) < 4.78 is 0. The van der Waals surface area contributed by atoms with Gasteiger partial charge in [0, 0.05) is 0 Å². The van der Waals surface area contributed by atoms with Crippen molar-refractivity contribution in [1.29, 1.82) is 0 Å². The Labute approximate surface area is 84.4 Å². The van der Waals surface area contributed by atoms with Crippen LogP contribution in [-0.2, 0) is 0 Å². The average molecular weight is 202 g/mol. The normalized spacial score (nSPS) is 15.1. The minimum Gasteiger partial charge on any atom is -0.270 e. The highest BCUT2D eigenvalue weighted by atomic mass is 32.3. The molecular weight excluding hydrogens is 176 g/mol. The molecule has 0 radical (unpaired) electrons. The second-order valence-corrected chi connectivity index (χ2v) is 13.0. The molecule has 80 valence electrons. The second kappa shape index (κ2) is 3.91. The van der Waals surface area contributed by atoms with Crippen molar-refractivity contribution < 1.29 is 0 Å². The lowest BCUT2D eigenvalue weighted by atomic mass is 10.2. The van der Waals surface area contributed by atoms with Crippen LogP contribution in [0.2, 0.25) is 0 Å². The van der Waals surface area contributed by atoms with E-state index in [1.54, 1.807) is 0 Å². The van der Waals surface area contributed by atoms with Crippen molar-refractivity contribution in [3.8, 4) is 0 Å². The fourth-order valence-electron chi connectivity index (χ4n) is 1.19. The number of allylic oxidation sites excluding steroid dienone is 1. The van der Waals surface area contributed by atoms with Gasteiger partial charge in [-0.2, -0.15) is 0 Å². The molecule has 0 amide bonds. The molecular formula is C12H26S. The first-order chi connectivity index (χ1) is 5.67. The molecule has 0 bridgehead atoms. The molecule has 0 saturated carbocycles. The fraction of sp³-hybridized carbons (Fsp3) is 0.667. The standard InChI is InChI=1S/C12H26S/c1-8-12(4)13(5,6,7)10-9-11(2)3/h8,11,13H,1,4,9-10H2,2-3,5-7H3. The molecule has 0 saturated heterocycles. The molecule has 0 aliphatic rings. The number of rotatable bonds is 5. The number of hydrogen-bond donors (Lipinski definition) is 1. The molecule has 0 aliphatic carbocycles. The van der Waals surface area contributed by atoms with Crippen LogP contribution in [0.5, 0.6) is 0 Å². The van der Waals surface area contributed by atoms with Crippen LogP contribution in [-0.4, -0.2) is 24.5 Å². The minimum atomic E-state index is -1.65. The van der Waals surface area contributed by atoms with Gasteiger partial charge in [0.05, 0.1) is 0 Å². The Balaban J connectivity index is 4.50. The molecule has 0 atom stereocenters. The van der Waals surface area contributed by atoms with Crippen LogP contribution >= 0.6 is 9.16 Å². The summed E-state index contributed by atoms with van der Waals surface area (Å²) in [6, 6.07) is 0. The molecule has 13 heavy (non-hydrogen) atoms. The van der Waals surface area contributed by atoms with E-state index in [4.69, 9.17) is 0 Å². The van der Waals surface area contributed by atoms with Crippen molar-refractivity contribution >= 4 is 9.16 Å². The van der Waals surface area contributed by atoms with E-state index in [9.17, 15) is 0 Å². The third-order valence-corrected chi connectivity index (χ3v) is 6.92. The van der Waals surface area contributed by atoms with Crippen LogP contribution in [0, 0.1) is 5.92 Å². The smallest absolute Gasteiger partial charge is 0.0327 e. The maximum Gasteiger partial charge on any atom is -0.0327 e. The predicted molar refractivity (Wildman–Crippen MR) is 70.4 cm³/mol.